The second kappa shape index (κ2) is 6.99. The molecule has 0 heterocycles. The van der Waals surface area contributed by atoms with Gasteiger partial charge in [-0.15, -0.1) is 18.3 Å². The van der Waals surface area contributed by atoms with E-state index in [9.17, 15) is 4.79 Å². The summed E-state index contributed by atoms with van der Waals surface area (Å²) in [5, 5.41) is 2.96. The highest BCUT2D eigenvalue weighted by Gasteiger charge is 2.11. The molecule has 3 nitrogen and oxygen atoms in total. The Hall–Kier alpha value is -2.20. The fourth-order valence-corrected chi connectivity index (χ4v) is 2.72. The van der Waals surface area contributed by atoms with Gasteiger partial charge >= 0.3 is 0 Å². The number of nitrogens with two attached hydrogens (primary N) is 1. The number of para-hydroxylation sites is 1. The topological polar surface area (TPSA) is 55.1 Å². The van der Waals surface area contributed by atoms with E-state index >= 15 is 0 Å². The van der Waals surface area contributed by atoms with Crippen molar-refractivity contribution in [2.75, 3.05) is 16.8 Å². The SMILES string of the molecule is C=CCSc1ccccc1NC(=O)c1ccc(N)cc1C. The Labute approximate surface area is 129 Å². The number of nitrogens with one attached hydrogen (secondary N) is 1. The fourth-order valence-electron chi connectivity index (χ4n) is 1.98. The van der Waals surface area contributed by atoms with Crippen molar-refractivity contribution >= 4 is 29.0 Å². The molecule has 3 N–H and O–H groups in total. The molecule has 0 fully saturated rings. The first-order valence-corrected chi connectivity index (χ1v) is 7.60. The molecule has 108 valence electrons. The Balaban J connectivity index is 2.21. The first-order valence-electron chi connectivity index (χ1n) is 6.62. The molecule has 0 saturated carbocycles. The van der Waals surface area contributed by atoms with Crippen molar-refractivity contribution in [3.8, 4) is 0 Å². The lowest BCUT2D eigenvalue weighted by atomic mass is 10.1. The van der Waals surface area contributed by atoms with E-state index < -0.39 is 0 Å². The summed E-state index contributed by atoms with van der Waals surface area (Å²) in [5.41, 5.74) is 8.68. The Morgan fingerprint density at radius 3 is 2.81 bits per heavy atom. The van der Waals surface area contributed by atoms with Crippen LogP contribution in [-0.2, 0) is 0 Å². The molecule has 0 bridgehead atoms. The zero-order valence-corrected chi connectivity index (χ0v) is 12.7. The van der Waals surface area contributed by atoms with Crippen molar-refractivity contribution in [2.24, 2.45) is 0 Å². The maximum atomic E-state index is 12.4. The van der Waals surface area contributed by atoms with E-state index in [-0.39, 0.29) is 5.91 Å². The van der Waals surface area contributed by atoms with Crippen LogP contribution in [0.15, 0.2) is 60.0 Å². The molecule has 21 heavy (non-hydrogen) atoms. The molecule has 0 aliphatic heterocycles. The summed E-state index contributed by atoms with van der Waals surface area (Å²) in [4.78, 5) is 13.4. The third-order valence-electron chi connectivity index (χ3n) is 2.99. The summed E-state index contributed by atoms with van der Waals surface area (Å²) in [7, 11) is 0. The van der Waals surface area contributed by atoms with Gasteiger partial charge < -0.3 is 11.1 Å². The van der Waals surface area contributed by atoms with E-state index in [2.05, 4.69) is 11.9 Å². The third-order valence-corrected chi connectivity index (χ3v) is 4.06. The van der Waals surface area contributed by atoms with Gasteiger partial charge in [0.2, 0.25) is 0 Å². The molecule has 4 heteroatoms. The van der Waals surface area contributed by atoms with E-state index in [1.807, 2.05) is 37.3 Å². The second-order valence-corrected chi connectivity index (χ2v) is 5.69. The average molecular weight is 298 g/mol. The summed E-state index contributed by atoms with van der Waals surface area (Å²) in [5.74, 6) is 0.674. The number of anilines is 2. The monoisotopic (exact) mass is 298 g/mol. The van der Waals surface area contributed by atoms with Crippen molar-refractivity contribution in [2.45, 2.75) is 11.8 Å². The lowest BCUT2D eigenvalue weighted by Gasteiger charge is -2.11. The van der Waals surface area contributed by atoms with Crippen molar-refractivity contribution in [3.63, 3.8) is 0 Å². The lowest BCUT2D eigenvalue weighted by Crippen LogP contribution is -2.14. The van der Waals surface area contributed by atoms with Crippen LogP contribution in [0.1, 0.15) is 15.9 Å². The van der Waals surface area contributed by atoms with E-state index in [1.54, 1.807) is 30.0 Å². The van der Waals surface area contributed by atoms with Gasteiger partial charge in [0.15, 0.2) is 0 Å². The number of thioether (sulfide) groups is 1. The van der Waals surface area contributed by atoms with Gasteiger partial charge in [-0.1, -0.05) is 18.2 Å². The molecule has 0 unspecified atom stereocenters. The van der Waals surface area contributed by atoms with Crippen LogP contribution in [-0.4, -0.2) is 11.7 Å². The molecule has 0 radical (unpaired) electrons. The molecule has 0 atom stereocenters. The molecule has 2 aromatic carbocycles. The van der Waals surface area contributed by atoms with Gasteiger partial charge in [0.1, 0.15) is 0 Å². The highest BCUT2D eigenvalue weighted by molar-refractivity contribution is 7.99. The summed E-state index contributed by atoms with van der Waals surface area (Å²) in [6.45, 7) is 5.59. The zero-order chi connectivity index (χ0) is 15.2. The lowest BCUT2D eigenvalue weighted by molar-refractivity contribution is 0.102. The van der Waals surface area contributed by atoms with E-state index in [4.69, 9.17) is 5.73 Å². The smallest absolute Gasteiger partial charge is 0.255 e. The summed E-state index contributed by atoms with van der Waals surface area (Å²) in [6.07, 6.45) is 1.84. The highest BCUT2D eigenvalue weighted by Crippen LogP contribution is 2.27. The molecular weight excluding hydrogens is 280 g/mol. The molecule has 2 rings (SSSR count). The fraction of sp³-hybridized carbons (Fsp3) is 0.118. The van der Waals surface area contributed by atoms with Crippen molar-refractivity contribution < 1.29 is 4.79 Å². The standard InChI is InChI=1S/C17H18N2OS/c1-3-10-21-16-7-5-4-6-15(16)19-17(20)14-9-8-13(18)11-12(14)2/h3-9,11H,1,10,18H2,2H3,(H,19,20). The maximum Gasteiger partial charge on any atom is 0.255 e. The van der Waals surface area contributed by atoms with Crippen molar-refractivity contribution in [1.29, 1.82) is 0 Å². The Kier molecular flexibility index (Phi) is 5.06. The number of carbonyl (C=O) groups is 1. The van der Waals surface area contributed by atoms with Crippen LogP contribution < -0.4 is 11.1 Å². The normalized spacial score (nSPS) is 10.1. The van der Waals surface area contributed by atoms with Crippen LogP contribution in [0.4, 0.5) is 11.4 Å². The van der Waals surface area contributed by atoms with Crippen LogP contribution >= 0.6 is 11.8 Å². The zero-order valence-electron chi connectivity index (χ0n) is 11.9. The van der Waals surface area contributed by atoms with Gasteiger partial charge in [0.25, 0.3) is 5.91 Å². The molecule has 0 aromatic heterocycles. The Bertz CT molecular complexity index is 668. The first kappa shape index (κ1) is 15.2. The minimum atomic E-state index is -0.126. The molecule has 0 saturated heterocycles. The number of amides is 1. The molecule has 1 amide bonds. The quantitative estimate of drug-likeness (QED) is 0.496. The summed E-state index contributed by atoms with van der Waals surface area (Å²) < 4.78 is 0. The van der Waals surface area contributed by atoms with Crippen LogP contribution in [0.3, 0.4) is 0 Å². The van der Waals surface area contributed by atoms with Gasteiger partial charge in [-0.05, 0) is 42.8 Å². The van der Waals surface area contributed by atoms with Crippen molar-refractivity contribution in [3.05, 3.63) is 66.2 Å². The number of hydrogen-bond donors (Lipinski definition) is 2. The third kappa shape index (κ3) is 3.89. The number of benzene rings is 2. The average Bonchev–Trinajstić information content (AvgIpc) is 2.46. The number of carbonyl (C=O) groups excluding carboxylic acids is 1. The van der Waals surface area contributed by atoms with Gasteiger partial charge in [-0.2, -0.15) is 0 Å². The minimum Gasteiger partial charge on any atom is -0.399 e. The second-order valence-electron chi connectivity index (χ2n) is 4.62. The van der Waals surface area contributed by atoms with Gasteiger partial charge in [-0.25, -0.2) is 0 Å². The molecule has 2 aromatic rings. The van der Waals surface area contributed by atoms with E-state index in [1.165, 1.54) is 0 Å². The Morgan fingerprint density at radius 2 is 2.10 bits per heavy atom. The van der Waals surface area contributed by atoms with Gasteiger partial charge in [0, 0.05) is 21.9 Å². The van der Waals surface area contributed by atoms with Crippen LogP contribution in [0.25, 0.3) is 0 Å². The largest absolute Gasteiger partial charge is 0.399 e. The molecule has 0 spiro atoms. The first-order chi connectivity index (χ1) is 10.1. The molecule has 0 aliphatic rings. The van der Waals surface area contributed by atoms with Gasteiger partial charge in [-0.3, -0.25) is 4.79 Å². The molecular formula is C17H18N2OS. The van der Waals surface area contributed by atoms with Crippen LogP contribution in [0.2, 0.25) is 0 Å². The number of rotatable bonds is 5. The van der Waals surface area contributed by atoms with Crippen LogP contribution in [0, 0.1) is 6.92 Å². The molecule has 0 aliphatic carbocycles. The number of hydrogen-bond acceptors (Lipinski definition) is 3. The van der Waals surface area contributed by atoms with E-state index in [0.717, 1.165) is 21.9 Å². The predicted octanol–water partition coefficient (Wildman–Crippen LogP) is 4.11. The Morgan fingerprint density at radius 1 is 1.33 bits per heavy atom. The van der Waals surface area contributed by atoms with E-state index in [0.29, 0.717) is 11.3 Å². The number of aryl methyl sites for hydroxylation is 1. The van der Waals surface area contributed by atoms with Gasteiger partial charge in [0.05, 0.1) is 5.69 Å². The maximum absolute atomic E-state index is 12.4. The van der Waals surface area contributed by atoms with Crippen molar-refractivity contribution in [1.82, 2.24) is 0 Å². The predicted molar refractivity (Wildman–Crippen MR) is 90.9 cm³/mol. The number of nitrogen functional groups attached to an aromatic ring is 1. The summed E-state index contributed by atoms with van der Waals surface area (Å²) in [6, 6.07) is 13.0. The summed E-state index contributed by atoms with van der Waals surface area (Å²) >= 11 is 1.64. The minimum absolute atomic E-state index is 0.126. The van der Waals surface area contributed by atoms with Crippen LogP contribution in [0.5, 0.6) is 0 Å². The highest BCUT2D eigenvalue weighted by atomic mass is 32.2.